The van der Waals surface area contributed by atoms with Crippen LogP contribution in [-0.4, -0.2) is 51.7 Å². The van der Waals surface area contributed by atoms with E-state index >= 15 is 0 Å². The highest BCUT2D eigenvalue weighted by Crippen LogP contribution is 2.38. The van der Waals surface area contributed by atoms with E-state index in [-0.39, 0.29) is 16.9 Å². The number of aromatic nitrogens is 1. The molecule has 196 valence electrons. The fourth-order valence-electron chi connectivity index (χ4n) is 3.95. The van der Waals surface area contributed by atoms with Gasteiger partial charge >= 0.3 is 0 Å². The van der Waals surface area contributed by atoms with E-state index in [0.717, 1.165) is 22.9 Å². The Labute approximate surface area is 218 Å². The molecule has 0 unspecified atom stereocenters. The molecule has 8 nitrogen and oxygen atoms in total. The number of nitrogens with one attached hydrogen (secondary N) is 2. The first-order chi connectivity index (χ1) is 17.2. The summed E-state index contributed by atoms with van der Waals surface area (Å²) in [5, 5.41) is 0. The van der Waals surface area contributed by atoms with Gasteiger partial charge in [0, 0.05) is 48.2 Å². The number of methoxy groups -OCH3 is 1. The Balaban J connectivity index is 2.22. The monoisotopic (exact) mass is 523 g/mol. The number of aromatic amines is 1. The van der Waals surface area contributed by atoms with Crippen LogP contribution in [0.4, 0.5) is 5.69 Å². The number of H-pyrrole nitrogens is 1. The molecule has 0 aliphatic rings. The molecular formula is C28H33N3O5S. The van der Waals surface area contributed by atoms with Crippen LogP contribution in [0.1, 0.15) is 47.8 Å². The van der Waals surface area contributed by atoms with Gasteiger partial charge in [0.1, 0.15) is 5.75 Å². The molecular weight excluding hydrogens is 490 g/mol. The molecule has 1 amide bonds. The van der Waals surface area contributed by atoms with Crippen LogP contribution in [-0.2, 0) is 15.4 Å². The number of sulfonamides is 1. The van der Waals surface area contributed by atoms with Crippen LogP contribution in [0.3, 0.4) is 0 Å². The number of carbonyl (C=O) groups excluding carboxylic acids is 1. The van der Waals surface area contributed by atoms with E-state index in [4.69, 9.17) is 4.74 Å². The molecule has 0 atom stereocenters. The molecule has 0 bridgehead atoms. The lowest BCUT2D eigenvalue weighted by Gasteiger charge is -2.24. The minimum absolute atomic E-state index is 0.199. The smallest absolute Gasteiger partial charge is 0.255 e. The number of anilines is 1. The zero-order valence-electron chi connectivity index (χ0n) is 22.2. The molecule has 3 aromatic rings. The maximum Gasteiger partial charge on any atom is 0.255 e. The fraction of sp³-hybridized carbons (Fsp3) is 0.286. The average molecular weight is 524 g/mol. The molecule has 1 heterocycles. The Morgan fingerprint density at radius 2 is 1.73 bits per heavy atom. The van der Waals surface area contributed by atoms with Crippen LogP contribution >= 0.6 is 0 Å². The first-order valence-electron chi connectivity index (χ1n) is 11.6. The first kappa shape index (κ1) is 27.7. The second kappa shape index (κ2) is 10.6. The van der Waals surface area contributed by atoms with E-state index in [2.05, 4.69) is 30.5 Å². The Kier molecular flexibility index (Phi) is 7.97. The zero-order chi connectivity index (χ0) is 27.5. The Bertz CT molecular complexity index is 1510. The molecule has 0 spiro atoms. The van der Waals surface area contributed by atoms with Gasteiger partial charge in [0.05, 0.1) is 13.4 Å². The molecule has 2 aromatic carbocycles. The van der Waals surface area contributed by atoms with Gasteiger partial charge in [-0.15, -0.1) is 0 Å². The van der Waals surface area contributed by atoms with Crippen molar-refractivity contribution >= 4 is 33.8 Å². The number of hydrogen-bond acceptors (Lipinski definition) is 5. The molecule has 1 aromatic heterocycles. The van der Waals surface area contributed by atoms with Gasteiger partial charge in [-0.2, -0.15) is 0 Å². The predicted molar refractivity (Wildman–Crippen MR) is 150 cm³/mol. The van der Waals surface area contributed by atoms with Crippen molar-refractivity contribution < 1.29 is 17.9 Å². The van der Waals surface area contributed by atoms with Crippen LogP contribution in [0, 0.1) is 0 Å². The maximum atomic E-state index is 12.9. The second-order valence-corrected chi connectivity index (χ2v) is 11.8. The average Bonchev–Trinajstić information content (AvgIpc) is 2.80. The van der Waals surface area contributed by atoms with Crippen LogP contribution in [0.15, 0.2) is 53.5 Å². The molecule has 0 radical (unpaired) electrons. The summed E-state index contributed by atoms with van der Waals surface area (Å²) in [6.07, 6.45) is 6.26. The minimum atomic E-state index is -3.51. The van der Waals surface area contributed by atoms with E-state index in [9.17, 15) is 18.0 Å². The van der Waals surface area contributed by atoms with Gasteiger partial charge in [0.15, 0.2) is 0 Å². The van der Waals surface area contributed by atoms with Gasteiger partial charge in [-0.05, 0) is 52.9 Å². The highest BCUT2D eigenvalue weighted by molar-refractivity contribution is 7.92. The summed E-state index contributed by atoms with van der Waals surface area (Å²) < 4.78 is 31.6. The fourth-order valence-corrected chi connectivity index (χ4v) is 4.50. The lowest BCUT2D eigenvalue weighted by molar-refractivity contribution is 0.0827. The summed E-state index contributed by atoms with van der Waals surface area (Å²) in [7, 11) is 1.35. The predicted octanol–water partition coefficient (Wildman–Crippen LogP) is 4.59. The van der Waals surface area contributed by atoms with E-state index in [1.54, 1.807) is 57.7 Å². The van der Waals surface area contributed by atoms with Gasteiger partial charge in [-0.3, -0.25) is 14.3 Å². The number of nitrogens with zero attached hydrogens (tertiary/aromatic N) is 1. The van der Waals surface area contributed by atoms with Crippen LogP contribution < -0.4 is 15.0 Å². The summed E-state index contributed by atoms with van der Waals surface area (Å²) in [5.41, 5.74) is 3.67. The van der Waals surface area contributed by atoms with Crippen molar-refractivity contribution in [1.82, 2.24) is 9.88 Å². The standard InChI is InChI=1S/C28H33N3O5S/c1-28(2,3)24-16-20(22-9-8-14-29-26(22)32)15-19(25(24)36-6)11-10-18-12-13-21(30-37(7,34)35)17-23(18)27(33)31(4)5/h8-17,30H,1-7H3,(H,29,32). The van der Waals surface area contributed by atoms with Crippen molar-refractivity contribution in [3.63, 3.8) is 0 Å². The molecule has 0 saturated carbocycles. The van der Waals surface area contributed by atoms with Gasteiger partial charge in [-0.1, -0.05) is 39.0 Å². The quantitative estimate of drug-likeness (QED) is 0.440. The number of rotatable bonds is 7. The van der Waals surface area contributed by atoms with Gasteiger partial charge < -0.3 is 14.6 Å². The van der Waals surface area contributed by atoms with Crippen LogP contribution in [0.25, 0.3) is 23.3 Å². The number of pyridine rings is 1. The van der Waals surface area contributed by atoms with Crippen molar-refractivity contribution in [3.05, 3.63) is 81.3 Å². The summed E-state index contributed by atoms with van der Waals surface area (Å²) in [4.78, 5) is 29.6. The van der Waals surface area contributed by atoms with Gasteiger partial charge in [0.2, 0.25) is 10.0 Å². The molecule has 37 heavy (non-hydrogen) atoms. The van der Waals surface area contributed by atoms with Crippen molar-refractivity contribution in [1.29, 1.82) is 0 Å². The van der Waals surface area contributed by atoms with Crippen molar-refractivity contribution in [2.45, 2.75) is 26.2 Å². The lowest BCUT2D eigenvalue weighted by atomic mass is 9.83. The Hall–Kier alpha value is -3.85. The van der Waals surface area contributed by atoms with Crippen LogP contribution in [0.5, 0.6) is 5.75 Å². The molecule has 3 rings (SSSR count). The third-order valence-electron chi connectivity index (χ3n) is 5.69. The highest BCUT2D eigenvalue weighted by atomic mass is 32.2. The molecule has 0 fully saturated rings. The third-order valence-corrected chi connectivity index (χ3v) is 6.30. The molecule has 2 N–H and O–H groups in total. The molecule has 0 aliphatic carbocycles. The molecule has 9 heteroatoms. The zero-order valence-corrected chi connectivity index (χ0v) is 23.0. The minimum Gasteiger partial charge on any atom is -0.496 e. The van der Waals surface area contributed by atoms with E-state index in [1.165, 1.54) is 11.0 Å². The highest BCUT2D eigenvalue weighted by Gasteiger charge is 2.23. The van der Waals surface area contributed by atoms with Crippen LogP contribution in [0.2, 0.25) is 0 Å². The SMILES string of the molecule is COc1c(C=Cc2ccc(NS(C)(=O)=O)cc2C(=O)N(C)C)cc(-c2ccc[nH]c2=O)cc1C(C)(C)C. The summed E-state index contributed by atoms with van der Waals surface area (Å²) in [6, 6.07) is 12.2. The largest absolute Gasteiger partial charge is 0.496 e. The van der Waals surface area contributed by atoms with Crippen molar-refractivity contribution in [2.24, 2.45) is 0 Å². The third kappa shape index (κ3) is 6.68. The van der Waals surface area contributed by atoms with Crippen molar-refractivity contribution in [2.75, 3.05) is 32.2 Å². The second-order valence-electron chi connectivity index (χ2n) is 10.0. The molecule has 0 saturated heterocycles. The Morgan fingerprint density at radius 1 is 1.05 bits per heavy atom. The number of carbonyl (C=O) groups is 1. The number of amides is 1. The van der Waals surface area contributed by atoms with Crippen molar-refractivity contribution in [3.8, 4) is 16.9 Å². The maximum absolute atomic E-state index is 12.9. The lowest BCUT2D eigenvalue weighted by Crippen LogP contribution is -2.23. The normalized spacial score (nSPS) is 12.0. The number of ether oxygens (including phenoxy) is 1. The summed E-state index contributed by atoms with van der Waals surface area (Å²) in [6.45, 7) is 6.20. The first-order valence-corrected chi connectivity index (χ1v) is 13.5. The topological polar surface area (TPSA) is 109 Å². The molecule has 0 aliphatic heterocycles. The Morgan fingerprint density at radius 3 is 2.30 bits per heavy atom. The van der Waals surface area contributed by atoms with E-state index in [1.807, 2.05) is 18.2 Å². The van der Waals surface area contributed by atoms with E-state index in [0.29, 0.717) is 28.1 Å². The number of benzene rings is 2. The van der Waals surface area contributed by atoms with E-state index < -0.39 is 10.0 Å². The summed E-state index contributed by atoms with van der Waals surface area (Å²) in [5.74, 6) is 0.388. The van der Waals surface area contributed by atoms with Gasteiger partial charge in [-0.25, -0.2) is 8.42 Å². The number of hydrogen-bond donors (Lipinski definition) is 2. The van der Waals surface area contributed by atoms with Gasteiger partial charge in [0.25, 0.3) is 11.5 Å². The summed E-state index contributed by atoms with van der Waals surface area (Å²) >= 11 is 0.